The molecule has 5 nitrogen and oxygen atoms in total. The van der Waals surface area contributed by atoms with Gasteiger partial charge >= 0.3 is 0 Å². The number of hydrogen-bond donors (Lipinski definition) is 0. The average Bonchev–Trinajstić information content (AvgIpc) is 3.40. The Morgan fingerprint density at radius 1 is 0.906 bits per heavy atom. The van der Waals surface area contributed by atoms with Gasteiger partial charge in [0.1, 0.15) is 5.15 Å². The standard InChI is InChI=1S/C24H14Cl3N3O2/c25-16-11-10-15(18(26)12-16)13-30-19-9-5-4-8-17(19)20(22(30)27)21(31)24-29-28-23(32-24)14-6-2-1-3-7-14/h1-12H,13H2. The predicted octanol–water partition coefficient (Wildman–Crippen LogP) is 6.93. The Hall–Kier alpha value is -3.12. The van der Waals surface area contributed by atoms with Gasteiger partial charge in [0.25, 0.3) is 11.7 Å². The Morgan fingerprint density at radius 2 is 1.66 bits per heavy atom. The van der Waals surface area contributed by atoms with E-state index >= 15 is 0 Å². The molecule has 5 aromatic rings. The number of fused-ring (bicyclic) bond motifs is 1. The van der Waals surface area contributed by atoms with E-state index in [-0.39, 0.29) is 16.9 Å². The maximum Gasteiger partial charge on any atom is 0.289 e. The van der Waals surface area contributed by atoms with Crippen LogP contribution in [0.3, 0.4) is 0 Å². The zero-order chi connectivity index (χ0) is 22.2. The lowest BCUT2D eigenvalue weighted by Crippen LogP contribution is -2.04. The Bertz CT molecular complexity index is 1460. The van der Waals surface area contributed by atoms with Gasteiger partial charge in [-0.3, -0.25) is 4.79 Å². The van der Waals surface area contributed by atoms with Gasteiger partial charge in [-0.1, -0.05) is 77.3 Å². The van der Waals surface area contributed by atoms with Crippen LogP contribution in [0, 0.1) is 0 Å². The molecule has 0 spiro atoms. The summed E-state index contributed by atoms with van der Waals surface area (Å²) in [5, 5.41) is 10.00. The predicted molar refractivity (Wildman–Crippen MR) is 126 cm³/mol. The molecule has 2 heterocycles. The van der Waals surface area contributed by atoms with Crippen LogP contribution in [0.5, 0.6) is 0 Å². The number of rotatable bonds is 5. The minimum Gasteiger partial charge on any atom is -0.413 e. The number of carbonyl (C=O) groups is 1. The summed E-state index contributed by atoms with van der Waals surface area (Å²) in [6.07, 6.45) is 0. The zero-order valence-electron chi connectivity index (χ0n) is 16.4. The molecule has 0 saturated heterocycles. The van der Waals surface area contributed by atoms with Crippen molar-refractivity contribution in [3.05, 3.63) is 105 Å². The molecule has 0 bridgehead atoms. The molecule has 0 N–H and O–H groups in total. The van der Waals surface area contributed by atoms with Gasteiger partial charge in [0.05, 0.1) is 17.6 Å². The van der Waals surface area contributed by atoms with Gasteiger partial charge in [0.2, 0.25) is 5.89 Å². The number of aromatic nitrogens is 3. The van der Waals surface area contributed by atoms with E-state index in [2.05, 4.69) is 10.2 Å². The molecule has 0 radical (unpaired) electrons. The number of ketones is 1. The Balaban J connectivity index is 1.58. The lowest BCUT2D eigenvalue weighted by molar-refractivity contribution is 0.100. The van der Waals surface area contributed by atoms with Crippen molar-refractivity contribution in [3.8, 4) is 11.5 Å². The largest absolute Gasteiger partial charge is 0.413 e. The summed E-state index contributed by atoms with van der Waals surface area (Å²) >= 11 is 19.1. The van der Waals surface area contributed by atoms with E-state index in [9.17, 15) is 4.79 Å². The van der Waals surface area contributed by atoms with Gasteiger partial charge in [-0.05, 0) is 35.9 Å². The number of hydrogen-bond acceptors (Lipinski definition) is 4. The highest BCUT2D eigenvalue weighted by atomic mass is 35.5. The van der Waals surface area contributed by atoms with Crippen LogP contribution in [0.25, 0.3) is 22.4 Å². The molecule has 0 amide bonds. The summed E-state index contributed by atoms with van der Waals surface area (Å²) in [5.41, 5.74) is 2.64. The van der Waals surface area contributed by atoms with E-state index in [4.69, 9.17) is 39.2 Å². The van der Waals surface area contributed by atoms with Crippen LogP contribution in [0.15, 0.2) is 77.2 Å². The number of halogens is 3. The number of carbonyl (C=O) groups excluding carboxylic acids is 1. The fourth-order valence-electron chi connectivity index (χ4n) is 3.58. The van der Waals surface area contributed by atoms with Crippen molar-refractivity contribution in [2.24, 2.45) is 0 Å². The summed E-state index contributed by atoms with van der Waals surface area (Å²) < 4.78 is 7.50. The van der Waals surface area contributed by atoms with Gasteiger partial charge in [-0.15, -0.1) is 10.2 Å². The molecule has 0 saturated carbocycles. The van der Waals surface area contributed by atoms with Crippen molar-refractivity contribution in [2.45, 2.75) is 6.54 Å². The van der Waals surface area contributed by atoms with E-state index in [1.54, 1.807) is 12.1 Å². The topological polar surface area (TPSA) is 60.9 Å². The fraction of sp³-hybridized carbons (Fsp3) is 0.0417. The van der Waals surface area contributed by atoms with Crippen molar-refractivity contribution >= 4 is 51.5 Å². The summed E-state index contributed by atoms with van der Waals surface area (Å²) in [4.78, 5) is 13.4. The molecule has 0 aliphatic carbocycles. The lowest BCUT2D eigenvalue weighted by Gasteiger charge is -2.09. The molecule has 32 heavy (non-hydrogen) atoms. The summed E-state index contributed by atoms with van der Waals surface area (Å²) in [7, 11) is 0. The number of para-hydroxylation sites is 1. The monoisotopic (exact) mass is 481 g/mol. The first-order valence-electron chi connectivity index (χ1n) is 9.67. The molecule has 0 aliphatic rings. The quantitative estimate of drug-likeness (QED) is 0.255. The van der Waals surface area contributed by atoms with E-state index in [0.29, 0.717) is 27.5 Å². The van der Waals surface area contributed by atoms with Crippen molar-refractivity contribution in [1.29, 1.82) is 0 Å². The Kier molecular flexibility index (Phi) is 5.47. The van der Waals surface area contributed by atoms with Crippen LogP contribution in [0.2, 0.25) is 15.2 Å². The number of benzene rings is 3. The van der Waals surface area contributed by atoms with E-state index in [1.807, 2.05) is 65.2 Å². The first kappa shape index (κ1) is 20.8. The number of nitrogens with zero attached hydrogens (tertiary/aromatic N) is 3. The molecule has 0 aliphatic heterocycles. The minimum atomic E-state index is -0.443. The zero-order valence-corrected chi connectivity index (χ0v) is 18.7. The second kappa shape index (κ2) is 8.43. The summed E-state index contributed by atoms with van der Waals surface area (Å²) in [6.45, 7) is 0.363. The molecule has 8 heteroatoms. The van der Waals surface area contributed by atoms with Crippen molar-refractivity contribution in [2.75, 3.05) is 0 Å². The molecule has 158 valence electrons. The lowest BCUT2D eigenvalue weighted by atomic mass is 10.1. The Morgan fingerprint density at radius 3 is 2.44 bits per heavy atom. The molecule has 2 aromatic heterocycles. The van der Waals surface area contributed by atoms with Gasteiger partial charge < -0.3 is 8.98 Å². The van der Waals surface area contributed by atoms with Gasteiger partial charge in [-0.2, -0.15) is 0 Å². The van der Waals surface area contributed by atoms with Gasteiger partial charge in [-0.25, -0.2) is 0 Å². The fourth-order valence-corrected chi connectivity index (χ4v) is 4.39. The van der Waals surface area contributed by atoms with E-state index < -0.39 is 5.78 Å². The van der Waals surface area contributed by atoms with Gasteiger partial charge in [0, 0.05) is 21.0 Å². The molecule has 3 aromatic carbocycles. The third-order valence-corrected chi connectivity index (χ3v) is 6.10. The van der Waals surface area contributed by atoms with Crippen LogP contribution in [-0.2, 0) is 6.54 Å². The van der Waals surface area contributed by atoms with E-state index in [0.717, 1.165) is 16.6 Å². The minimum absolute atomic E-state index is 0.127. The second-order valence-corrected chi connectivity index (χ2v) is 8.31. The van der Waals surface area contributed by atoms with Crippen LogP contribution < -0.4 is 0 Å². The maximum absolute atomic E-state index is 13.4. The van der Waals surface area contributed by atoms with Crippen LogP contribution in [0.4, 0.5) is 0 Å². The maximum atomic E-state index is 13.4. The van der Waals surface area contributed by atoms with Crippen LogP contribution in [-0.4, -0.2) is 20.5 Å². The van der Waals surface area contributed by atoms with E-state index in [1.165, 1.54) is 0 Å². The molecular formula is C24H14Cl3N3O2. The molecule has 5 rings (SSSR count). The summed E-state index contributed by atoms with van der Waals surface area (Å²) in [6, 6.07) is 22.0. The Labute approximate surface area is 198 Å². The first-order chi connectivity index (χ1) is 15.5. The smallest absolute Gasteiger partial charge is 0.289 e. The first-order valence-corrected chi connectivity index (χ1v) is 10.8. The van der Waals surface area contributed by atoms with Crippen molar-refractivity contribution < 1.29 is 9.21 Å². The van der Waals surface area contributed by atoms with Crippen molar-refractivity contribution in [1.82, 2.24) is 14.8 Å². The highest BCUT2D eigenvalue weighted by Crippen LogP contribution is 2.34. The SMILES string of the molecule is O=C(c1nnc(-c2ccccc2)o1)c1c(Cl)n(Cc2ccc(Cl)cc2Cl)c2ccccc12. The van der Waals surface area contributed by atoms with Crippen molar-refractivity contribution in [3.63, 3.8) is 0 Å². The highest BCUT2D eigenvalue weighted by molar-refractivity contribution is 6.37. The van der Waals surface area contributed by atoms with Gasteiger partial charge in [0.15, 0.2) is 0 Å². The summed E-state index contributed by atoms with van der Waals surface area (Å²) in [5.74, 6) is -0.304. The third-order valence-electron chi connectivity index (χ3n) is 5.12. The molecule has 0 unspecified atom stereocenters. The molecule has 0 atom stereocenters. The average molecular weight is 483 g/mol. The molecule has 0 fully saturated rings. The third kappa shape index (κ3) is 3.69. The second-order valence-electron chi connectivity index (χ2n) is 7.11. The highest BCUT2D eigenvalue weighted by Gasteiger charge is 2.27. The normalized spacial score (nSPS) is 11.2. The van der Waals surface area contributed by atoms with Crippen LogP contribution >= 0.6 is 34.8 Å². The van der Waals surface area contributed by atoms with Crippen LogP contribution in [0.1, 0.15) is 21.8 Å². The molecular weight excluding hydrogens is 469 g/mol.